The van der Waals surface area contributed by atoms with Gasteiger partial charge in [0.05, 0.1) is 0 Å². The van der Waals surface area contributed by atoms with Gasteiger partial charge in [-0.3, -0.25) is 10.1 Å². The van der Waals surface area contributed by atoms with Gasteiger partial charge < -0.3 is 5.11 Å². The molecule has 0 heterocycles. The number of rotatable bonds is 7. The number of carboxylic acids is 1. The van der Waals surface area contributed by atoms with Gasteiger partial charge in [0, 0.05) is 10.5 Å². The summed E-state index contributed by atoms with van der Waals surface area (Å²) in [5, 5.41) is 12.7. The van der Waals surface area contributed by atoms with Crippen LogP contribution in [0.15, 0.2) is 28.7 Å². The molecule has 106 valence electrons. The predicted octanol–water partition coefficient (Wildman–Crippen LogP) is 4.13. The summed E-state index contributed by atoms with van der Waals surface area (Å²) < 4.78 is 1.01. The molecule has 19 heavy (non-hydrogen) atoms. The Morgan fingerprint density at radius 1 is 1.47 bits per heavy atom. The number of carboxylic acid groups (broad SMARTS) is 1. The van der Waals surface area contributed by atoms with E-state index in [1.54, 1.807) is 6.92 Å². The number of benzene rings is 1. The van der Waals surface area contributed by atoms with Gasteiger partial charge in [-0.15, -0.1) is 0 Å². The average Bonchev–Trinajstić information content (AvgIpc) is 2.36. The first kappa shape index (κ1) is 16.2. The smallest absolute Gasteiger partial charge is 0.323 e. The summed E-state index contributed by atoms with van der Waals surface area (Å²) in [5.41, 5.74) is 0.234. The average molecular weight is 328 g/mol. The molecule has 0 aliphatic carbocycles. The van der Waals surface area contributed by atoms with Crippen LogP contribution in [0.5, 0.6) is 0 Å². The molecule has 0 bridgehead atoms. The molecule has 0 amide bonds. The number of carbonyl (C=O) groups is 1. The predicted molar refractivity (Wildman–Crippen MR) is 81.3 cm³/mol. The van der Waals surface area contributed by atoms with Gasteiger partial charge in [-0.1, -0.05) is 48.3 Å². The topological polar surface area (TPSA) is 49.3 Å². The van der Waals surface area contributed by atoms with E-state index in [-0.39, 0.29) is 6.04 Å². The molecule has 2 unspecified atom stereocenters. The summed E-state index contributed by atoms with van der Waals surface area (Å²) >= 11 is 3.45. The number of aliphatic carboxylic acids is 1. The Morgan fingerprint density at radius 3 is 2.63 bits per heavy atom. The highest BCUT2D eigenvalue weighted by molar-refractivity contribution is 9.10. The molecule has 0 spiro atoms. The van der Waals surface area contributed by atoms with Crippen molar-refractivity contribution in [2.75, 3.05) is 0 Å². The van der Waals surface area contributed by atoms with Crippen LogP contribution in [0.4, 0.5) is 0 Å². The van der Waals surface area contributed by atoms with Gasteiger partial charge in [-0.25, -0.2) is 0 Å². The van der Waals surface area contributed by atoms with Crippen LogP contribution in [0.1, 0.15) is 51.6 Å². The van der Waals surface area contributed by atoms with E-state index < -0.39 is 11.5 Å². The van der Waals surface area contributed by atoms with Crippen LogP contribution in [0.25, 0.3) is 0 Å². The van der Waals surface area contributed by atoms with Gasteiger partial charge in [-0.2, -0.15) is 0 Å². The first-order valence-electron chi connectivity index (χ1n) is 6.69. The molecule has 0 aliphatic rings. The lowest BCUT2D eigenvalue weighted by atomic mass is 9.92. The maximum absolute atomic E-state index is 11.5. The summed E-state index contributed by atoms with van der Waals surface area (Å²) in [5.74, 6) is -0.789. The van der Waals surface area contributed by atoms with Crippen molar-refractivity contribution in [3.05, 3.63) is 34.3 Å². The molecule has 1 aromatic carbocycles. The Bertz CT molecular complexity index is 436. The quantitative estimate of drug-likeness (QED) is 0.791. The van der Waals surface area contributed by atoms with Crippen LogP contribution >= 0.6 is 15.9 Å². The minimum Gasteiger partial charge on any atom is -0.480 e. The SMILES string of the molecule is CCCC(C)(NC(CC)c1cccc(Br)c1)C(=O)O. The maximum atomic E-state index is 11.5. The molecule has 3 nitrogen and oxygen atoms in total. The summed E-state index contributed by atoms with van der Waals surface area (Å²) in [6.07, 6.45) is 2.31. The van der Waals surface area contributed by atoms with Crippen molar-refractivity contribution < 1.29 is 9.90 Å². The van der Waals surface area contributed by atoms with Crippen LogP contribution in [0.3, 0.4) is 0 Å². The van der Waals surface area contributed by atoms with Crippen LogP contribution in [0.2, 0.25) is 0 Å². The zero-order valence-electron chi connectivity index (χ0n) is 11.7. The standard InChI is InChI=1S/C15H22BrNO2/c1-4-9-15(3,14(18)19)17-13(5-2)11-7-6-8-12(16)10-11/h6-8,10,13,17H,4-5,9H2,1-3H3,(H,18,19). The fourth-order valence-corrected chi connectivity index (χ4v) is 2.69. The summed E-state index contributed by atoms with van der Waals surface area (Å²) in [6.45, 7) is 5.83. The molecular formula is C15H22BrNO2. The Kier molecular flexibility index (Phi) is 6.01. The van der Waals surface area contributed by atoms with E-state index in [1.807, 2.05) is 31.2 Å². The molecule has 0 radical (unpaired) electrons. The Morgan fingerprint density at radius 2 is 2.16 bits per heavy atom. The molecule has 0 fully saturated rings. The van der Waals surface area contributed by atoms with E-state index in [2.05, 4.69) is 28.2 Å². The Labute approximate surface area is 123 Å². The molecule has 0 aromatic heterocycles. The van der Waals surface area contributed by atoms with Crippen molar-refractivity contribution in [3.63, 3.8) is 0 Å². The van der Waals surface area contributed by atoms with Gasteiger partial charge in [-0.05, 0) is 37.5 Å². The molecule has 0 saturated heterocycles. The normalized spacial score (nSPS) is 15.8. The highest BCUT2D eigenvalue weighted by Gasteiger charge is 2.34. The molecular weight excluding hydrogens is 306 g/mol. The first-order valence-corrected chi connectivity index (χ1v) is 7.48. The fourth-order valence-electron chi connectivity index (χ4n) is 2.27. The van der Waals surface area contributed by atoms with Crippen molar-refractivity contribution >= 4 is 21.9 Å². The van der Waals surface area contributed by atoms with Crippen molar-refractivity contribution in [2.45, 2.75) is 51.6 Å². The zero-order valence-corrected chi connectivity index (χ0v) is 13.3. The van der Waals surface area contributed by atoms with Crippen LogP contribution in [-0.2, 0) is 4.79 Å². The third kappa shape index (κ3) is 4.32. The van der Waals surface area contributed by atoms with Crippen LogP contribution in [0, 0.1) is 0 Å². The van der Waals surface area contributed by atoms with Gasteiger partial charge in [0.2, 0.25) is 0 Å². The molecule has 4 heteroatoms. The minimum atomic E-state index is -0.877. The number of hydrogen-bond acceptors (Lipinski definition) is 2. The van der Waals surface area contributed by atoms with E-state index in [9.17, 15) is 9.90 Å². The van der Waals surface area contributed by atoms with E-state index in [4.69, 9.17) is 0 Å². The second kappa shape index (κ2) is 7.06. The van der Waals surface area contributed by atoms with E-state index in [0.29, 0.717) is 6.42 Å². The second-order valence-corrected chi connectivity index (χ2v) is 5.96. The molecule has 0 aliphatic heterocycles. The Balaban J connectivity index is 2.95. The largest absolute Gasteiger partial charge is 0.480 e. The lowest BCUT2D eigenvalue weighted by Gasteiger charge is -2.31. The number of nitrogens with one attached hydrogen (secondary N) is 1. The zero-order chi connectivity index (χ0) is 14.5. The van der Waals surface area contributed by atoms with Crippen LogP contribution < -0.4 is 5.32 Å². The lowest BCUT2D eigenvalue weighted by Crippen LogP contribution is -2.50. The second-order valence-electron chi connectivity index (χ2n) is 5.05. The molecule has 1 aromatic rings. The molecule has 0 saturated carbocycles. The van der Waals surface area contributed by atoms with E-state index >= 15 is 0 Å². The summed E-state index contributed by atoms with van der Waals surface area (Å²) in [6, 6.07) is 8.06. The lowest BCUT2D eigenvalue weighted by molar-refractivity contribution is -0.144. The minimum absolute atomic E-state index is 0.0464. The number of hydrogen-bond donors (Lipinski definition) is 2. The highest BCUT2D eigenvalue weighted by Crippen LogP contribution is 2.25. The number of halogens is 1. The van der Waals surface area contributed by atoms with Crippen LogP contribution in [-0.4, -0.2) is 16.6 Å². The van der Waals surface area contributed by atoms with Crippen molar-refractivity contribution in [3.8, 4) is 0 Å². The maximum Gasteiger partial charge on any atom is 0.323 e. The first-order chi connectivity index (χ1) is 8.92. The van der Waals surface area contributed by atoms with Gasteiger partial charge in [0.1, 0.15) is 5.54 Å². The van der Waals surface area contributed by atoms with Gasteiger partial charge in [0.25, 0.3) is 0 Å². The van der Waals surface area contributed by atoms with E-state index in [1.165, 1.54) is 0 Å². The molecule has 2 atom stereocenters. The molecule has 1 rings (SSSR count). The van der Waals surface area contributed by atoms with Crippen molar-refractivity contribution in [1.82, 2.24) is 5.32 Å². The third-order valence-corrected chi connectivity index (χ3v) is 3.87. The van der Waals surface area contributed by atoms with Gasteiger partial charge in [0.15, 0.2) is 0 Å². The Hall–Kier alpha value is -0.870. The third-order valence-electron chi connectivity index (χ3n) is 3.37. The van der Waals surface area contributed by atoms with E-state index in [0.717, 1.165) is 22.9 Å². The van der Waals surface area contributed by atoms with Gasteiger partial charge >= 0.3 is 5.97 Å². The highest BCUT2D eigenvalue weighted by atomic mass is 79.9. The van der Waals surface area contributed by atoms with Crippen molar-refractivity contribution in [1.29, 1.82) is 0 Å². The monoisotopic (exact) mass is 327 g/mol. The summed E-state index contributed by atoms with van der Waals surface area (Å²) in [7, 11) is 0. The molecule has 2 N–H and O–H groups in total. The fraction of sp³-hybridized carbons (Fsp3) is 0.533. The summed E-state index contributed by atoms with van der Waals surface area (Å²) in [4.78, 5) is 11.5. The van der Waals surface area contributed by atoms with Crippen molar-refractivity contribution in [2.24, 2.45) is 0 Å².